The van der Waals surface area contributed by atoms with E-state index in [1.165, 1.54) is 104 Å². The zero-order valence-corrected chi connectivity index (χ0v) is 51.8. The largest absolute Gasteiger partial charge is 0.332 e. The molecule has 438 valence electrons. The summed E-state index contributed by atoms with van der Waals surface area (Å²) >= 11 is 0. The molecule has 1 aliphatic carbocycles. The molecule has 91 heavy (non-hydrogen) atoms. The van der Waals surface area contributed by atoms with E-state index < -0.39 is 11.1 Å². The van der Waals surface area contributed by atoms with Crippen LogP contribution in [0.2, 0.25) is 0 Å². The van der Waals surface area contributed by atoms with E-state index in [1.54, 1.807) is 0 Å². The van der Waals surface area contributed by atoms with Crippen LogP contribution >= 0.6 is 0 Å². The average molecular weight is 1170 g/mol. The van der Waals surface area contributed by atoms with Crippen LogP contribution in [0.3, 0.4) is 0 Å². The minimum atomic E-state index is -0.587. The first-order chi connectivity index (χ1) is 44.6. The van der Waals surface area contributed by atoms with Gasteiger partial charge in [-0.05, 0) is 208 Å². The van der Waals surface area contributed by atoms with Gasteiger partial charge in [0, 0.05) is 88.9 Å². The number of allylic oxidation sites excluding steroid dienone is 1. The maximum atomic E-state index is 2.60. The van der Waals surface area contributed by atoms with E-state index in [1.807, 2.05) is 0 Å². The molecular formula is C85H68N6. The number of fused-ring (bicyclic) bond motifs is 12. The predicted molar refractivity (Wildman–Crippen MR) is 384 cm³/mol. The quantitative estimate of drug-likeness (QED) is 0.122. The molecule has 16 aromatic rings. The Morgan fingerprint density at radius 1 is 0.297 bits per heavy atom. The fourth-order valence-corrected chi connectivity index (χ4v) is 15.5. The van der Waals surface area contributed by atoms with Crippen molar-refractivity contribution < 1.29 is 0 Å². The molecule has 0 N–H and O–H groups in total. The number of nitrogens with zero attached hydrogens (tertiary/aromatic N) is 6. The van der Waals surface area contributed by atoms with Crippen molar-refractivity contribution in [1.82, 2.24) is 18.3 Å². The van der Waals surface area contributed by atoms with Crippen molar-refractivity contribution in [2.75, 3.05) is 9.80 Å². The normalized spacial score (nSPS) is 13.6. The van der Waals surface area contributed by atoms with Gasteiger partial charge >= 0.3 is 0 Å². The Kier molecular flexibility index (Phi) is 12.5. The Bertz CT molecular complexity index is 5350. The number of rotatable bonds is 12. The lowest BCUT2D eigenvalue weighted by atomic mass is 9.87. The van der Waals surface area contributed by atoms with Crippen LogP contribution in [-0.2, 0) is 11.1 Å². The SMILES string of the molecule is CC1CC=Cc2c1c1cc(N(c3ccc(C(C)(C)N(c4ccc5c(c4)c4ccccc4n5-c4ccccc4)c4ccc5c(c4)c4ccccc4n5-c4ccccc4)cc3)C(C)(C)c3ccc4c(c3)c3ccccc3n4-c3ccccc3)ccc1n2-c1ccccc1. The van der Waals surface area contributed by atoms with Crippen molar-refractivity contribution in [3.8, 4) is 22.7 Å². The molecule has 0 aliphatic heterocycles. The van der Waals surface area contributed by atoms with Gasteiger partial charge in [0.15, 0.2) is 0 Å². The second kappa shape index (κ2) is 21.0. The van der Waals surface area contributed by atoms with Gasteiger partial charge in [0.1, 0.15) is 0 Å². The zero-order valence-electron chi connectivity index (χ0n) is 51.8. The van der Waals surface area contributed by atoms with Gasteiger partial charge in [-0.3, -0.25) is 0 Å². The molecular weight excluding hydrogens is 1100 g/mol. The smallest absolute Gasteiger partial charge is 0.0646 e. The molecule has 4 heterocycles. The predicted octanol–water partition coefficient (Wildman–Crippen LogP) is 22.6. The first kappa shape index (κ1) is 54.1. The molecule has 1 atom stereocenters. The summed E-state index contributed by atoms with van der Waals surface area (Å²) in [4.78, 5) is 5.18. The molecule has 17 rings (SSSR count). The molecule has 0 radical (unpaired) electrons. The van der Waals surface area contributed by atoms with Crippen LogP contribution in [0, 0.1) is 0 Å². The second-order valence-corrected chi connectivity index (χ2v) is 25.7. The average Bonchev–Trinajstić information content (AvgIpc) is 1.69. The third-order valence-electron chi connectivity index (χ3n) is 19.8. The molecule has 12 aromatic carbocycles. The van der Waals surface area contributed by atoms with E-state index in [0.29, 0.717) is 5.92 Å². The van der Waals surface area contributed by atoms with E-state index in [9.17, 15) is 0 Å². The van der Waals surface area contributed by atoms with Crippen molar-refractivity contribution in [2.45, 2.75) is 58.0 Å². The van der Waals surface area contributed by atoms with Gasteiger partial charge in [-0.2, -0.15) is 0 Å². The molecule has 0 bridgehead atoms. The van der Waals surface area contributed by atoms with E-state index in [-0.39, 0.29) is 0 Å². The monoisotopic (exact) mass is 1170 g/mol. The number of benzene rings is 12. The Hall–Kier alpha value is -11.1. The molecule has 0 amide bonds. The highest BCUT2D eigenvalue weighted by Gasteiger charge is 2.36. The van der Waals surface area contributed by atoms with E-state index in [0.717, 1.165) is 46.2 Å². The standard InChI is InChI=1S/C85H68N6/c1-57-25-24-40-82-83(57)74-56-67(48-52-81(74)89(82)63-32-16-9-17-33-63)90(85(4,5)59-43-49-78-71(53-59)68-34-18-21-37-75(68)86(78)60-26-10-6-11-27-60)64-44-41-58(42-45-64)84(2,3)91(65-46-50-79-72(54-65)69-35-19-22-38-76(69)87(79)61-28-12-7-13-29-61)66-47-51-80-73(55-66)70-36-20-23-39-77(70)88(80)62-30-14-8-15-31-62/h6-24,26-57H,25H2,1-5H3. The van der Waals surface area contributed by atoms with Crippen LogP contribution in [0.4, 0.5) is 22.7 Å². The topological polar surface area (TPSA) is 26.2 Å². The molecule has 0 fully saturated rings. The second-order valence-electron chi connectivity index (χ2n) is 25.7. The molecule has 4 aromatic heterocycles. The van der Waals surface area contributed by atoms with Gasteiger partial charge in [0.05, 0.1) is 49.7 Å². The van der Waals surface area contributed by atoms with Crippen LogP contribution in [0.15, 0.2) is 297 Å². The first-order valence-electron chi connectivity index (χ1n) is 32.0. The zero-order chi connectivity index (χ0) is 61.1. The van der Waals surface area contributed by atoms with Gasteiger partial charge in [-0.15, -0.1) is 0 Å². The third kappa shape index (κ3) is 8.53. The summed E-state index contributed by atoms with van der Waals surface area (Å²) in [5.41, 5.74) is 21.3. The summed E-state index contributed by atoms with van der Waals surface area (Å²) in [6.07, 6.45) is 5.69. The van der Waals surface area contributed by atoms with Gasteiger partial charge in [-0.1, -0.05) is 159 Å². The first-order valence-corrected chi connectivity index (χ1v) is 32.0. The van der Waals surface area contributed by atoms with Crippen LogP contribution in [0.1, 0.15) is 69.3 Å². The molecule has 1 aliphatic rings. The molecule has 0 saturated carbocycles. The van der Waals surface area contributed by atoms with Crippen molar-refractivity contribution in [2.24, 2.45) is 0 Å². The molecule has 0 spiro atoms. The van der Waals surface area contributed by atoms with Crippen LogP contribution < -0.4 is 9.80 Å². The van der Waals surface area contributed by atoms with Crippen LogP contribution in [0.5, 0.6) is 0 Å². The summed E-state index contributed by atoms with van der Waals surface area (Å²) in [7, 11) is 0. The fraction of sp³-hybridized carbons (Fsp3) is 0.106. The lowest BCUT2D eigenvalue weighted by Crippen LogP contribution is -2.39. The maximum Gasteiger partial charge on any atom is 0.0646 e. The van der Waals surface area contributed by atoms with Crippen molar-refractivity contribution in [3.05, 3.63) is 320 Å². The van der Waals surface area contributed by atoms with Gasteiger partial charge in [0.25, 0.3) is 0 Å². The van der Waals surface area contributed by atoms with Crippen molar-refractivity contribution in [1.29, 1.82) is 0 Å². The minimum Gasteiger partial charge on any atom is -0.332 e. The molecule has 0 saturated heterocycles. The van der Waals surface area contributed by atoms with E-state index >= 15 is 0 Å². The van der Waals surface area contributed by atoms with Crippen LogP contribution in [-0.4, -0.2) is 18.3 Å². The lowest BCUT2D eigenvalue weighted by Gasteiger charge is -2.43. The summed E-state index contributed by atoms with van der Waals surface area (Å²) in [5.74, 6) is 0.351. The van der Waals surface area contributed by atoms with Gasteiger partial charge < -0.3 is 28.1 Å². The van der Waals surface area contributed by atoms with Crippen molar-refractivity contribution >= 4 is 105 Å². The highest BCUT2D eigenvalue weighted by molar-refractivity contribution is 6.13. The number of hydrogen-bond donors (Lipinski definition) is 0. The summed E-state index contributed by atoms with van der Waals surface area (Å²) in [5, 5.41) is 8.61. The van der Waals surface area contributed by atoms with Gasteiger partial charge in [-0.25, -0.2) is 0 Å². The highest BCUT2D eigenvalue weighted by atomic mass is 15.2. The Morgan fingerprint density at radius 2 is 0.615 bits per heavy atom. The molecule has 6 heteroatoms. The Morgan fingerprint density at radius 3 is 1.07 bits per heavy atom. The maximum absolute atomic E-state index is 2.60. The lowest BCUT2D eigenvalue weighted by molar-refractivity contribution is 0.531. The summed E-state index contributed by atoms with van der Waals surface area (Å²) in [6, 6.07) is 108. The van der Waals surface area contributed by atoms with E-state index in [4.69, 9.17) is 0 Å². The summed E-state index contributed by atoms with van der Waals surface area (Å²) in [6.45, 7) is 12.0. The molecule has 1 unspecified atom stereocenters. The Balaban J connectivity index is 0.851. The van der Waals surface area contributed by atoms with Crippen LogP contribution in [0.25, 0.3) is 105 Å². The highest BCUT2D eigenvalue weighted by Crippen LogP contribution is 2.49. The molecule has 6 nitrogen and oxygen atoms in total. The fourth-order valence-electron chi connectivity index (χ4n) is 15.5. The number of anilines is 4. The minimum absolute atomic E-state index is 0.351. The third-order valence-corrected chi connectivity index (χ3v) is 19.8. The number of aromatic nitrogens is 4. The summed E-state index contributed by atoms with van der Waals surface area (Å²) < 4.78 is 9.69. The van der Waals surface area contributed by atoms with Crippen molar-refractivity contribution in [3.63, 3.8) is 0 Å². The van der Waals surface area contributed by atoms with E-state index in [2.05, 4.69) is 366 Å². The number of hydrogen-bond acceptors (Lipinski definition) is 2. The Labute approximate surface area is 530 Å². The van der Waals surface area contributed by atoms with Gasteiger partial charge in [0.2, 0.25) is 0 Å². The number of para-hydroxylation sites is 7.